The summed E-state index contributed by atoms with van der Waals surface area (Å²) in [5, 5.41) is 16.7. The Morgan fingerprint density at radius 3 is 2.65 bits per heavy atom. The van der Waals surface area contributed by atoms with E-state index >= 15 is 0 Å². The number of aryl methyl sites for hydroxylation is 1. The van der Waals surface area contributed by atoms with E-state index in [1.165, 1.54) is 0 Å². The summed E-state index contributed by atoms with van der Waals surface area (Å²) in [5.74, 6) is 2.39. The van der Waals surface area contributed by atoms with Gasteiger partial charge in [0.05, 0.1) is 6.61 Å². The molecule has 0 bridgehead atoms. The van der Waals surface area contributed by atoms with Crippen LogP contribution in [0.5, 0.6) is 0 Å². The van der Waals surface area contributed by atoms with Crippen LogP contribution in [0.3, 0.4) is 0 Å². The second kappa shape index (κ2) is 6.85. The third kappa shape index (κ3) is 4.05. The number of aliphatic hydroxyl groups is 1. The molecule has 2 heterocycles. The lowest BCUT2D eigenvalue weighted by molar-refractivity contribution is 0.0381. The molecule has 2 rings (SSSR count). The first-order chi connectivity index (χ1) is 9.65. The Hall–Kier alpha value is -1.40. The van der Waals surface area contributed by atoms with Gasteiger partial charge in [0.1, 0.15) is 23.1 Å². The van der Waals surface area contributed by atoms with Gasteiger partial charge in [0.25, 0.3) is 0 Å². The fraction of sp³-hybridized carbons (Fsp3) is 0.714. The van der Waals surface area contributed by atoms with Gasteiger partial charge in [0.15, 0.2) is 0 Å². The van der Waals surface area contributed by atoms with Gasteiger partial charge >= 0.3 is 0 Å². The Morgan fingerprint density at radius 1 is 1.30 bits per heavy atom. The van der Waals surface area contributed by atoms with E-state index in [2.05, 4.69) is 27.5 Å². The zero-order valence-electron chi connectivity index (χ0n) is 12.3. The number of ether oxygens (including phenoxy) is 1. The number of anilines is 2. The highest BCUT2D eigenvalue weighted by Crippen LogP contribution is 2.20. The van der Waals surface area contributed by atoms with Crippen molar-refractivity contribution in [2.75, 3.05) is 36.9 Å². The van der Waals surface area contributed by atoms with Gasteiger partial charge in [-0.3, -0.25) is 0 Å². The fourth-order valence-corrected chi connectivity index (χ4v) is 2.19. The predicted molar refractivity (Wildman–Crippen MR) is 79.1 cm³/mol. The summed E-state index contributed by atoms with van der Waals surface area (Å²) in [5.41, 5.74) is -0.784. The number of nitrogens with one attached hydrogen (secondary N) is 2. The average Bonchev–Trinajstić information content (AvgIpc) is 2.85. The smallest absolute Gasteiger partial charge is 0.133 e. The predicted octanol–water partition coefficient (Wildman–Crippen LogP) is 1.42. The van der Waals surface area contributed by atoms with Crippen molar-refractivity contribution in [1.82, 2.24) is 9.97 Å². The molecule has 3 N–H and O–H groups in total. The molecule has 0 aliphatic carbocycles. The van der Waals surface area contributed by atoms with Crippen LogP contribution in [0.1, 0.15) is 32.5 Å². The van der Waals surface area contributed by atoms with Crippen molar-refractivity contribution in [2.45, 2.75) is 38.7 Å². The highest BCUT2D eigenvalue weighted by molar-refractivity contribution is 5.47. The number of hydrogen-bond acceptors (Lipinski definition) is 6. The van der Waals surface area contributed by atoms with Crippen molar-refractivity contribution in [3.8, 4) is 0 Å². The third-order valence-electron chi connectivity index (χ3n) is 3.29. The largest absolute Gasteiger partial charge is 0.386 e. The van der Waals surface area contributed by atoms with Crippen LogP contribution in [-0.2, 0) is 11.2 Å². The van der Waals surface area contributed by atoms with Crippen LogP contribution in [0.25, 0.3) is 0 Å². The second-order valence-electron chi connectivity index (χ2n) is 5.22. The molecule has 20 heavy (non-hydrogen) atoms. The highest BCUT2D eigenvalue weighted by atomic mass is 16.5. The van der Waals surface area contributed by atoms with Gasteiger partial charge in [-0.05, 0) is 13.3 Å². The molecule has 0 amide bonds. The van der Waals surface area contributed by atoms with Gasteiger partial charge in [-0.15, -0.1) is 0 Å². The third-order valence-corrected chi connectivity index (χ3v) is 3.29. The van der Waals surface area contributed by atoms with E-state index in [4.69, 9.17) is 4.74 Å². The summed E-state index contributed by atoms with van der Waals surface area (Å²) in [6, 6.07) is 1.88. The number of aromatic nitrogens is 2. The van der Waals surface area contributed by atoms with Crippen LogP contribution in [0.4, 0.5) is 11.6 Å². The summed E-state index contributed by atoms with van der Waals surface area (Å²) >= 11 is 0. The molecule has 6 nitrogen and oxygen atoms in total. The van der Waals surface area contributed by atoms with Gasteiger partial charge in [0, 0.05) is 38.6 Å². The van der Waals surface area contributed by atoms with E-state index in [-0.39, 0.29) is 0 Å². The Balaban J connectivity index is 2.05. The minimum absolute atomic E-state index is 0.382. The van der Waals surface area contributed by atoms with Gasteiger partial charge in [0.2, 0.25) is 0 Å². The van der Waals surface area contributed by atoms with E-state index < -0.39 is 5.60 Å². The van der Waals surface area contributed by atoms with E-state index in [9.17, 15) is 5.11 Å². The molecule has 1 fully saturated rings. The molecule has 112 valence electrons. The van der Waals surface area contributed by atoms with Crippen molar-refractivity contribution >= 4 is 11.6 Å². The molecule has 1 saturated heterocycles. The van der Waals surface area contributed by atoms with Crippen LogP contribution in [-0.4, -0.2) is 47.0 Å². The minimum atomic E-state index is -0.784. The lowest BCUT2D eigenvalue weighted by Gasteiger charge is -2.21. The van der Waals surface area contributed by atoms with Crippen molar-refractivity contribution < 1.29 is 9.84 Å². The monoisotopic (exact) mass is 280 g/mol. The standard InChI is InChI=1S/C14H24N4O2/c1-3-5-11-17-12(15-4-2)8-13(18-11)16-9-14(19)6-7-20-10-14/h8,19H,3-7,9-10H2,1-2H3,(H2,15,16,17,18). The fourth-order valence-electron chi connectivity index (χ4n) is 2.19. The van der Waals surface area contributed by atoms with E-state index in [0.717, 1.165) is 36.8 Å². The van der Waals surface area contributed by atoms with Crippen molar-refractivity contribution in [1.29, 1.82) is 0 Å². The van der Waals surface area contributed by atoms with Crippen LogP contribution in [0.2, 0.25) is 0 Å². The topological polar surface area (TPSA) is 79.3 Å². The zero-order chi connectivity index (χ0) is 14.4. The molecule has 1 aliphatic heterocycles. The van der Waals surface area contributed by atoms with E-state index in [0.29, 0.717) is 26.2 Å². The van der Waals surface area contributed by atoms with Crippen LogP contribution >= 0.6 is 0 Å². The molecular formula is C14H24N4O2. The maximum absolute atomic E-state index is 10.3. The maximum atomic E-state index is 10.3. The number of hydrogen-bond donors (Lipinski definition) is 3. The molecule has 0 aromatic carbocycles. The first kappa shape index (κ1) is 15.0. The first-order valence-corrected chi connectivity index (χ1v) is 7.31. The van der Waals surface area contributed by atoms with Gasteiger partial charge < -0.3 is 20.5 Å². The maximum Gasteiger partial charge on any atom is 0.133 e. The Kier molecular flexibility index (Phi) is 5.14. The lowest BCUT2D eigenvalue weighted by atomic mass is 10.0. The summed E-state index contributed by atoms with van der Waals surface area (Å²) in [6.07, 6.45) is 2.51. The second-order valence-corrected chi connectivity index (χ2v) is 5.22. The van der Waals surface area contributed by atoms with Crippen LogP contribution in [0, 0.1) is 0 Å². The van der Waals surface area contributed by atoms with Gasteiger partial charge in [-0.2, -0.15) is 0 Å². The number of nitrogens with zero attached hydrogens (tertiary/aromatic N) is 2. The molecule has 0 radical (unpaired) electrons. The SMILES string of the molecule is CCCc1nc(NCC)cc(NCC2(O)CCOC2)n1. The quantitative estimate of drug-likeness (QED) is 0.701. The number of rotatable bonds is 7. The minimum Gasteiger partial charge on any atom is -0.386 e. The summed E-state index contributed by atoms with van der Waals surface area (Å²) in [7, 11) is 0. The zero-order valence-corrected chi connectivity index (χ0v) is 12.3. The Morgan fingerprint density at radius 2 is 2.05 bits per heavy atom. The van der Waals surface area contributed by atoms with Gasteiger partial charge in [-0.25, -0.2) is 9.97 Å². The summed E-state index contributed by atoms with van der Waals surface area (Å²) < 4.78 is 5.24. The molecule has 6 heteroatoms. The molecule has 1 aromatic rings. The van der Waals surface area contributed by atoms with E-state index in [1.54, 1.807) is 0 Å². The summed E-state index contributed by atoms with van der Waals surface area (Å²) in [4.78, 5) is 8.94. The molecule has 0 spiro atoms. The summed E-state index contributed by atoms with van der Waals surface area (Å²) in [6.45, 7) is 6.40. The Bertz CT molecular complexity index is 409. The highest BCUT2D eigenvalue weighted by Gasteiger charge is 2.32. The lowest BCUT2D eigenvalue weighted by Crippen LogP contribution is -2.37. The molecule has 0 saturated carbocycles. The van der Waals surface area contributed by atoms with Crippen LogP contribution in [0.15, 0.2) is 6.07 Å². The van der Waals surface area contributed by atoms with Crippen molar-refractivity contribution in [3.05, 3.63) is 11.9 Å². The van der Waals surface area contributed by atoms with Gasteiger partial charge in [-0.1, -0.05) is 6.92 Å². The van der Waals surface area contributed by atoms with E-state index in [1.807, 2.05) is 13.0 Å². The molecule has 1 atom stereocenters. The molecular weight excluding hydrogens is 256 g/mol. The van der Waals surface area contributed by atoms with Crippen molar-refractivity contribution in [3.63, 3.8) is 0 Å². The first-order valence-electron chi connectivity index (χ1n) is 7.31. The average molecular weight is 280 g/mol. The molecule has 1 aliphatic rings. The molecule has 1 unspecified atom stereocenters. The Labute approximate surface area is 120 Å². The van der Waals surface area contributed by atoms with Crippen molar-refractivity contribution in [2.24, 2.45) is 0 Å². The normalized spacial score (nSPS) is 21.9. The van der Waals surface area contributed by atoms with Crippen LogP contribution < -0.4 is 10.6 Å². The molecule has 1 aromatic heterocycles.